The second kappa shape index (κ2) is 5.49. The van der Waals surface area contributed by atoms with Crippen molar-refractivity contribution in [3.63, 3.8) is 0 Å². The van der Waals surface area contributed by atoms with Crippen molar-refractivity contribution in [2.75, 3.05) is 18.1 Å². The lowest BCUT2D eigenvalue weighted by atomic mass is 10.1. The summed E-state index contributed by atoms with van der Waals surface area (Å²) in [5.74, 6) is -0.376. The van der Waals surface area contributed by atoms with E-state index in [1.165, 1.54) is 4.90 Å². The number of para-hydroxylation sites is 1. The molecule has 0 amide bonds. The number of guanidine groups is 1. The zero-order valence-corrected chi connectivity index (χ0v) is 10.5. The van der Waals surface area contributed by atoms with E-state index in [4.69, 9.17) is 16.2 Å². The molecule has 1 heterocycles. The van der Waals surface area contributed by atoms with Crippen LogP contribution in [-0.2, 0) is 0 Å². The minimum atomic E-state index is -0.581. The van der Waals surface area contributed by atoms with Crippen LogP contribution in [0.4, 0.5) is 11.4 Å². The lowest BCUT2D eigenvalue weighted by Gasteiger charge is -2.22. The first-order valence-electron chi connectivity index (χ1n) is 5.80. The molecule has 20 heavy (non-hydrogen) atoms. The molecule has 1 aromatic carbocycles. The first-order chi connectivity index (χ1) is 9.56. The van der Waals surface area contributed by atoms with Crippen LogP contribution >= 0.6 is 0 Å². The van der Waals surface area contributed by atoms with Gasteiger partial charge in [0.25, 0.3) is 0 Å². The van der Waals surface area contributed by atoms with Crippen molar-refractivity contribution in [1.29, 1.82) is 5.41 Å². The van der Waals surface area contributed by atoms with Crippen LogP contribution in [0.1, 0.15) is 0 Å². The van der Waals surface area contributed by atoms with Crippen molar-refractivity contribution < 1.29 is 10.0 Å². The van der Waals surface area contributed by atoms with Gasteiger partial charge in [-0.1, -0.05) is 18.2 Å². The summed E-state index contributed by atoms with van der Waals surface area (Å²) in [6.07, 6.45) is 1.13. The molecule has 0 spiro atoms. The summed E-state index contributed by atoms with van der Waals surface area (Å²) in [5, 5.41) is 28.3. The number of pyridine rings is 1. The number of nitrogens with one attached hydrogen (secondary N) is 1. The number of nitrogens with two attached hydrogens (primary N) is 1. The molecule has 0 fully saturated rings. The highest BCUT2D eigenvalue weighted by molar-refractivity contribution is 6.05. The zero-order chi connectivity index (χ0) is 14.7. The van der Waals surface area contributed by atoms with Gasteiger partial charge in [0, 0.05) is 11.9 Å². The van der Waals surface area contributed by atoms with E-state index in [-0.39, 0.29) is 30.5 Å². The van der Waals surface area contributed by atoms with E-state index in [1.54, 1.807) is 24.3 Å². The predicted molar refractivity (Wildman–Crippen MR) is 74.7 cm³/mol. The molecule has 2 aromatic rings. The summed E-state index contributed by atoms with van der Waals surface area (Å²) < 4.78 is 0. The highest BCUT2D eigenvalue weighted by Gasteiger charge is 2.24. The molecule has 0 aliphatic heterocycles. The van der Waals surface area contributed by atoms with Crippen LogP contribution in [0.5, 0.6) is 0 Å². The number of aromatic nitrogens is 1. The van der Waals surface area contributed by atoms with E-state index in [9.17, 15) is 10.1 Å². The first-order valence-corrected chi connectivity index (χ1v) is 5.80. The number of fused-ring (bicyclic) bond motifs is 1. The summed E-state index contributed by atoms with van der Waals surface area (Å²) >= 11 is 0. The Morgan fingerprint density at radius 2 is 2.20 bits per heavy atom. The third kappa shape index (κ3) is 2.36. The minimum absolute atomic E-state index is 0.00974. The highest BCUT2D eigenvalue weighted by atomic mass is 16.6. The molecule has 8 nitrogen and oxygen atoms in total. The second-order valence-corrected chi connectivity index (χ2v) is 4.03. The standard InChI is InChI=1S/C12H13N5O3/c13-12(14)16(5-6-18)11-8-3-1-2-4-9(8)15-7-10(11)17(19)20/h1-4,7,18H,5-6H2,(H3,13,14). The number of nitrogens with zero attached hydrogens (tertiary/aromatic N) is 3. The SMILES string of the molecule is N=C(N)N(CCO)c1c([N+](=O)[O-])cnc2ccccc12. The Labute approximate surface area is 114 Å². The van der Waals surface area contributed by atoms with Gasteiger partial charge in [-0.15, -0.1) is 0 Å². The Bertz CT molecular complexity index is 673. The maximum absolute atomic E-state index is 11.2. The Hall–Kier alpha value is -2.74. The Balaban J connectivity index is 2.77. The average molecular weight is 275 g/mol. The van der Waals surface area contributed by atoms with E-state index >= 15 is 0 Å². The number of hydrogen-bond acceptors (Lipinski definition) is 5. The van der Waals surface area contributed by atoms with E-state index in [1.807, 2.05) is 0 Å². The summed E-state index contributed by atoms with van der Waals surface area (Å²) in [4.78, 5) is 15.8. The fourth-order valence-corrected chi connectivity index (χ4v) is 1.99. The van der Waals surface area contributed by atoms with Gasteiger partial charge in [-0.05, 0) is 6.07 Å². The van der Waals surface area contributed by atoms with Gasteiger partial charge in [-0.2, -0.15) is 0 Å². The number of aliphatic hydroxyl groups is 1. The van der Waals surface area contributed by atoms with Crippen molar-refractivity contribution >= 4 is 28.2 Å². The van der Waals surface area contributed by atoms with Gasteiger partial charge in [0.05, 0.1) is 17.0 Å². The van der Waals surface area contributed by atoms with Gasteiger partial charge in [-0.25, -0.2) is 4.98 Å². The molecule has 0 bridgehead atoms. The molecule has 104 valence electrons. The van der Waals surface area contributed by atoms with Crippen LogP contribution in [0.25, 0.3) is 10.9 Å². The third-order valence-electron chi connectivity index (χ3n) is 2.81. The lowest BCUT2D eigenvalue weighted by molar-refractivity contribution is -0.384. The molecule has 2 rings (SSSR count). The molecule has 0 saturated carbocycles. The van der Waals surface area contributed by atoms with Crippen LogP contribution < -0.4 is 10.6 Å². The van der Waals surface area contributed by atoms with E-state index in [0.29, 0.717) is 10.9 Å². The van der Waals surface area contributed by atoms with E-state index < -0.39 is 4.92 Å². The minimum Gasteiger partial charge on any atom is -0.395 e. The second-order valence-electron chi connectivity index (χ2n) is 4.03. The summed E-state index contributed by atoms with van der Waals surface area (Å²) in [5.41, 5.74) is 5.93. The fourth-order valence-electron chi connectivity index (χ4n) is 1.99. The van der Waals surface area contributed by atoms with E-state index in [0.717, 1.165) is 6.20 Å². The molecule has 0 saturated heterocycles. The monoisotopic (exact) mass is 275 g/mol. The molecular weight excluding hydrogens is 262 g/mol. The molecule has 0 unspecified atom stereocenters. The van der Waals surface area contributed by atoms with Crippen molar-refractivity contribution in [1.82, 2.24) is 4.98 Å². The molecular formula is C12H13N5O3. The maximum atomic E-state index is 11.2. The van der Waals surface area contributed by atoms with Crippen LogP contribution in [0.2, 0.25) is 0 Å². The Kier molecular flexibility index (Phi) is 3.76. The number of hydrogen-bond donors (Lipinski definition) is 3. The van der Waals surface area contributed by atoms with Crippen LogP contribution in [-0.4, -0.2) is 34.1 Å². The molecule has 4 N–H and O–H groups in total. The van der Waals surface area contributed by atoms with Gasteiger partial charge in [-0.3, -0.25) is 15.5 Å². The largest absolute Gasteiger partial charge is 0.395 e. The highest BCUT2D eigenvalue weighted by Crippen LogP contribution is 2.34. The van der Waals surface area contributed by atoms with Crippen LogP contribution in [0, 0.1) is 15.5 Å². The number of anilines is 1. The van der Waals surface area contributed by atoms with Gasteiger partial charge in [0.1, 0.15) is 11.9 Å². The van der Waals surface area contributed by atoms with E-state index in [2.05, 4.69) is 4.98 Å². The zero-order valence-electron chi connectivity index (χ0n) is 10.5. The molecule has 0 atom stereocenters. The molecule has 0 radical (unpaired) electrons. The predicted octanol–water partition coefficient (Wildman–Crippen LogP) is 0.835. The first kappa shape index (κ1) is 13.7. The van der Waals surface area contributed by atoms with Gasteiger partial charge >= 0.3 is 5.69 Å². The molecule has 1 aromatic heterocycles. The quantitative estimate of drug-likeness (QED) is 0.328. The Morgan fingerprint density at radius 1 is 1.50 bits per heavy atom. The maximum Gasteiger partial charge on any atom is 0.311 e. The molecule has 8 heteroatoms. The summed E-state index contributed by atoms with van der Waals surface area (Å²) in [6.45, 7) is -0.294. The normalized spacial score (nSPS) is 10.4. The smallest absolute Gasteiger partial charge is 0.311 e. The van der Waals surface area contributed by atoms with Crippen LogP contribution in [0.15, 0.2) is 30.5 Å². The van der Waals surface area contributed by atoms with Gasteiger partial charge in [0.2, 0.25) is 0 Å². The molecule has 0 aliphatic carbocycles. The number of aliphatic hydroxyl groups excluding tert-OH is 1. The van der Waals surface area contributed by atoms with Crippen molar-refractivity contribution in [2.24, 2.45) is 5.73 Å². The lowest BCUT2D eigenvalue weighted by Crippen LogP contribution is -2.39. The Morgan fingerprint density at radius 3 is 2.80 bits per heavy atom. The number of nitro groups is 1. The topological polar surface area (TPSA) is 129 Å². The van der Waals surface area contributed by atoms with Crippen molar-refractivity contribution in [3.8, 4) is 0 Å². The average Bonchev–Trinajstić information content (AvgIpc) is 2.43. The van der Waals surface area contributed by atoms with Gasteiger partial charge < -0.3 is 15.7 Å². The van der Waals surface area contributed by atoms with Crippen LogP contribution in [0.3, 0.4) is 0 Å². The number of benzene rings is 1. The fraction of sp³-hybridized carbons (Fsp3) is 0.167. The molecule has 0 aliphatic rings. The third-order valence-corrected chi connectivity index (χ3v) is 2.81. The van der Waals surface area contributed by atoms with Crippen molar-refractivity contribution in [3.05, 3.63) is 40.6 Å². The van der Waals surface area contributed by atoms with Crippen molar-refractivity contribution in [2.45, 2.75) is 0 Å². The summed E-state index contributed by atoms with van der Waals surface area (Å²) in [6, 6.07) is 6.85. The van der Waals surface area contributed by atoms with Gasteiger partial charge in [0.15, 0.2) is 5.96 Å². The number of rotatable bonds is 4. The summed E-state index contributed by atoms with van der Waals surface area (Å²) in [7, 11) is 0.